The molecule has 2 amide bonds. The van der Waals surface area contributed by atoms with Gasteiger partial charge >= 0.3 is 0 Å². The van der Waals surface area contributed by atoms with Gasteiger partial charge in [0.25, 0.3) is 5.91 Å². The summed E-state index contributed by atoms with van der Waals surface area (Å²) in [6.45, 7) is 8.14. The summed E-state index contributed by atoms with van der Waals surface area (Å²) in [5.74, 6) is 0.326. The number of tetrazole rings is 1. The molecule has 0 aliphatic carbocycles. The first kappa shape index (κ1) is 22.4. The molecule has 1 N–H and O–H groups in total. The van der Waals surface area contributed by atoms with Crippen LogP contribution in [0.3, 0.4) is 0 Å². The number of rotatable bonds is 6. The third-order valence-electron chi connectivity index (χ3n) is 5.86. The van der Waals surface area contributed by atoms with Crippen molar-refractivity contribution in [1.82, 2.24) is 30.4 Å². The van der Waals surface area contributed by atoms with Crippen molar-refractivity contribution in [2.24, 2.45) is 5.92 Å². The second kappa shape index (κ2) is 9.81. The van der Waals surface area contributed by atoms with Gasteiger partial charge in [0.2, 0.25) is 11.9 Å². The molecule has 1 atom stereocenters. The van der Waals surface area contributed by atoms with Crippen LogP contribution in [0.1, 0.15) is 29.8 Å². The highest BCUT2D eigenvalue weighted by atomic mass is 16.2. The van der Waals surface area contributed by atoms with Gasteiger partial charge < -0.3 is 15.1 Å². The van der Waals surface area contributed by atoms with Gasteiger partial charge in [-0.2, -0.15) is 4.68 Å². The molecule has 1 aliphatic rings. The average Bonchev–Trinajstić information content (AvgIpc) is 3.33. The fourth-order valence-corrected chi connectivity index (χ4v) is 3.88. The lowest BCUT2D eigenvalue weighted by atomic mass is 10.0. The van der Waals surface area contributed by atoms with Crippen LogP contribution in [0.2, 0.25) is 0 Å². The van der Waals surface area contributed by atoms with Crippen molar-refractivity contribution in [3.63, 3.8) is 0 Å². The number of carbonyl (C=O) groups excluding carboxylic acids is 2. The lowest BCUT2D eigenvalue weighted by Crippen LogP contribution is -2.56. The number of para-hydroxylation sites is 1. The van der Waals surface area contributed by atoms with Gasteiger partial charge in [-0.15, -0.1) is 0 Å². The number of nitrogens with one attached hydrogen (secondary N) is 1. The second-order valence-electron chi connectivity index (χ2n) is 8.60. The fraction of sp³-hybridized carbons (Fsp3) is 0.375. The van der Waals surface area contributed by atoms with E-state index in [2.05, 4.69) is 25.7 Å². The first-order valence-corrected chi connectivity index (χ1v) is 11.2. The van der Waals surface area contributed by atoms with Crippen LogP contribution in [0.5, 0.6) is 0 Å². The summed E-state index contributed by atoms with van der Waals surface area (Å²) in [6.07, 6.45) is 0. The molecule has 3 aromatic rings. The number of amides is 2. The van der Waals surface area contributed by atoms with Crippen molar-refractivity contribution in [3.8, 4) is 5.69 Å². The third-order valence-corrected chi connectivity index (χ3v) is 5.86. The molecule has 172 valence electrons. The van der Waals surface area contributed by atoms with Crippen LogP contribution in [-0.2, 0) is 4.79 Å². The molecule has 4 rings (SSSR count). The minimum atomic E-state index is -0.583. The van der Waals surface area contributed by atoms with E-state index in [1.807, 2.05) is 68.1 Å². The van der Waals surface area contributed by atoms with Crippen molar-refractivity contribution >= 4 is 17.8 Å². The van der Waals surface area contributed by atoms with Gasteiger partial charge in [0.05, 0.1) is 5.69 Å². The number of carbonyl (C=O) groups is 2. The maximum atomic E-state index is 13.3. The van der Waals surface area contributed by atoms with Crippen LogP contribution in [0.25, 0.3) is 5.69 Å². The van der Waals surface area contributed by atoms with Crippen LogP contribution < -0.4 is 10.2 Å². The molecule has 9 heteroatoms. The summed E-state index contributed by atoms with van der Waals surface area (Å²) in [4.78, 5) is 29.9. The van der Waals surface area contributed by atoms with Gasteiger partial charge in [0.15, 0.2) is 0 Å². The monoisotopic (exact) mass is 447 g/mol. The fourth-order valence-electron chi connectivity index (χ4n) is 3.88. The smallest absolute Gasteiger partial charge is 0.251 e. The van der Waals surface area contributed by atoms with Crippen molar-refractivity contribution in [2.75, 3.05) is 31.1 Å². The predicted molar refractivity (Wildman–Crippen MR) is 125 cm³/mol. The number of aromatic nitrogens is 4. The lowest BCUT2D eigenvalue weighted by molar-refractivity contribution is -0.134. The minimum absolute atomic E-state index is 0.0321. The summed E-state index contributed by atoms with van der Waals surface area (Å²) >= 11 is 0. The van der Waals surface area contributed by atoms with Crippen molar-refractivity contribution in [1.29, 1.82) is 0 Å². The highest BCUT2D eigenvalue weighted by Crippen LogP contribution is 2.18. The van der Waals surface area contributed by atoms with Crippen LogP contribution in [0.15, 0.2) is 54.6 Å². The number of aryl methyl sites for hydroxylation is 1. The summed E-state index contributed by atoms with van der Waals surface area (Å²) in [5, 5.41) is 15.1. The normalized spacial score (nSPS) is 14.9. The number of piperazine rings is 1. The summed E-state index contributed by atoms with van der Waals surface area (Å²) in [7, 11) is 0. The SMILES string of the molecule is Cc1ccc(C(=O)NC(C(=O)N2CCN(c3nnnn3-c3ccccc3)CC2)C(C)C)cc1. The van der Waals surface area contributed by atoms with E-state index >= 15 is 0 Å². The van der Waals surface area contributed by atoms with E-state index in [-0.39, 0.29) is 17.7 Å². The van der Waals surface area contributed by atoms with Gasteiger partial charge in [-0.1, -0.05) is 54.8 Å². The number of benzene rings is 2. The Kier molecular flexibility index (Phi) is 6.67. The van der Waals surface area contributed by atoms with Crippen LogP contribution >= 0.6 is 0 Å². The van der Waals surface area contributed by atoms with Crippen molar-refractivity contribution in [3.05, 3.63) is 65.7 Å². The van der Waals surface area contributed by atoms with Gasteiger partial charge in [-0.05, 0) is 47.5 Å². The molecule has 0 radical (unpaired) electrons. The van der Waals surface area contributed by atoms with Crippen LogP contribution in [-0.4, -0.2) is 69.1 Å². The maximum absolute atomic E-state index is 13.3. The summed E-state index contributed by atoms with van der Waals surface area (Å²) in [5.41, 5.74) is 2.52. The Hall–Kier alpha value is -3.75. The first-order valence-electron chi connectivity index (χ1n) is 11.2. The van der Waals surface area contributed by atoms with E-state index < -0.39 is 6.04 Å². The Morgan fingerprint density at radius 3 is 2.24 bits per heavy atom. The molecule has 1 unspecified atom stereocenters. The number of hydrogen-bond acceptors (Lipinski definition) is 6. The standard InChI is InChI=1S/C24H29N7O2/c1-17(2)21(25-22(32)19-11-9-18(3)10-12-19)23(33)29-13-15-30(16-14-29)24-26-27-28-31(24)20-7-5-4-6-8-20/h4-12,17,21H,13-16H2,1-3H3,(H,25,32). The number of hydrogen-bond donors (Lipinski definition) is 1. The second-order valence-corrected chi connectivity index (χ2v) is 8.60. The molecule has 1 fully saturated rings. The molecule has 0 saturated carbocycles. The zero-order chi connectivity index (χ0) is 23.4. The first-order chi connectivity index (χ1) is 15.9. The molecule has 1 aliphatic heterocycles. The topological polar surface area (TPSA) is 96.2 Å². The quantitative estimate of drug-likeness (QED) is 0.622. The zero-order valence-electron chi connectivity index (χ0n) is 19.2. The van der Waals surface area contributed by atoms with E-state index in [1.165, 1.54) is 0 Å². The zero-order valence-corrected chi connectivity index (χ0v) is 19.2. The Labute approximate surface area is 193 Å². The van der Waals surface area contributed by atoms with E-state index in [4.69, 9.17) is 0 Å². The molecule has 0 spiro atoms. The molecule has 9 nitrogen and oxygen atoms in total. The van der Waals surface area contributed by atoms with E-state index in [0.717, 1.165) is 11.3 Å². The molecule has 2 aromatic carbocycles. The van der Waals surface area contributed by atoms with Crippen molar-refractivity contribution in [2.45, 2.75) is 26.8 Å². The Morgan fingerprint density at radius 2 is 1.61 bits per heavy atom. The van der Waals surface area contributed by atoms with Crippen molar-refractivity contribution < 1.29 is 9.59 Å². The van der Waals surface area contributed by atoms with E-state index in [1.54, 1.807) is 16.8 Å². The lowest BCUT2D eigenvalue weighted by Gasteiger charge is -2.37. The highest BCUT2D eigenvalue weighted by molar-refractivity contribution is 5.97. The van der Waals surface area contributed by atoms with E-state index in [0.29, 0.717) is 37.7 Å². The molecule has 1 saturated heterocycles. The Morgan fingerprint density at radius 1 is 0.939 bits per heavy atom. The van der Waals surface area contributed by atoms with Crippen LogP contribution in [0, 0.1) is 12.8 Å². The predicted octanol–water partition coefficient (Wildman–Crippen LogP) is 2.07. The largest absolute Gasteiger partial charge is 0.340 e. The molecule has 2 heterocycles. The summed E-state index contributed by atoms with van der Waals surface area (Å²) in [6, 6.07) is 16.5. The van der Waals surface area contributed by atoms with Gasteiger partial charge in [-0.25, -0.2) is 0 Å². The number of anilines is 1. The average molecular weight is 448 g/mol. The number of nitrogens with zero attached hydrogens (tertiary/aromatic N) is 6. The Bertz CT molecular complexity index is 1090. The molecule has 33 heavy (non-hydrogen) atoms. The van der Waals surface area contributed by atoms with Gasteiger partial charge in [-0.3, -0.25) is 9.59 Å². The van der Waals surface area contributed by atoms with Gasteiger partial charge in [0.1, 0.15) is 6.04 Å². The van der Waals surface area contributed by atoms with Crippen LogP contribution in [0.4, 0.5) is 5.95 Å². The minimum Gasteiger partial charge on any atom is -0.340 e. The van der Waals surface area contributed by atoms with E-state index in [9.17, 15) is 9.59 Å². The maximum Gasteiger partial charge on any atom is 0.251 e. The Balaban J connectivity index is 1.40. The third kappa shape index (κ3) is 5.02. The van der Waals surface area contributed by atoms with Gasteiger partial charge in [0, 0.05) is 31.7 Å². The molecular weight excluding hydrogens is 418 g/mol. The molecule has 0 bridgehead atoms. The molecule has 1 aromatic heterocycles. The highest BCUT2D eigenvalue weighted by Gasteiger charge is 2.32. The molecular formula is C24H29N7O2. The summed E-state index contributed by atoms with van der Waals surface area (Å²) < 4.78 is 1.70.